The van der Waals surface area contributed by atoms with Crippen molar-refractivity contribution in [2.75, 3.05) is 12.4 Å². The minimum absolute atomic E-state index is 0.166. The monoisotopic (exact) mass is 322 g/mol. The first-order chi connectivity index (χ1) is 11.6. The number of benzene rings is 3. The third-order valence-electron chi connectivity index (χ3n) is 4.28. The number of nitrogens with zero attached hydrogens (tertiary/aromatic N) is 1. The summed E-state index contributed by atoms with van der Waals surface area (Å²) in [7, 11) is 1.73. The van der Waals surface area contributed by atoms with Crippen molar-refractivity contribution in [1.29, 1.82) is 0 Å². The average molecular weight is 322 g/mol. The molecule has 24 heavy (non-hydrogen) atoms. The molecule has 0 heterocycles. The number of urea groups is 1. The molecule has 122 valence electrons. The van der Waals surface area contributed by atoms with Crippen molar-refractivity contribution in [3.63, 3.8) is 0 Å². The van der Waals surface area contributed by atoms with Crippen LogP contribution in [-0.2, 0) is 0 Å². The van der Waals surface area contributed by atoms with E-state index in [9.17, 15) is 9.18 Å². The van der Waals surface area contributed by atoms with Gasteiger partial charge in [0.1, 0.15) is 5.82 Å². The highest BCUT2D eigenvalue weighted by molar-refractivity contribution is 6.01. The maximum Gasteiger partial charge on any atom is 0.322 e. The van der Waals surface area contributed by atoms with Crippen LogP contribution in [0.1, 0.15) is 18.5 Å². The van der Waals surface area contributed by atoms with E-state index in [1.807, 2.05) is 49.4 Å². The molecule has 2 amide bonds. The van der Waals surface area contributed by atoms with Crippen LogP contribution in [0, 0.1) is 5.82 Å². The summed E-state index contributed by atoms with van der Waals surface area (Å²) < 4.78 is 13.1. The number of amides is 2. The summed E-state index contributed by atoms with van der Waals surface area (Å²) in [6.45, 7) is 1.91. The van der Waals surface area contributed by atoms with Gasteiger partial charge in [0, 0.05) is 12.4 Å². The molecule has 0 aliphatic rings. The summed E-state index contributed by atoms with van der Waals surface area (Å²) in [5.74, 6) is -0.284. The molecular formula is C20H19FN2O. The lowest BCUT2D eigenvalue weighted by atomic mass is 10.1. The molecule has 1 atom stereocenters. The smallest absolute Gasteiger partial charge is 0.321 e. The Morgan fingerprint density at radius 3 is 2.42 bits per heavy atom. The first-order valence-electron chi connectivity index (χ1n) is 7.83. The fourth-order valence-corrected chi connectivity index (χ4v) is 2.68. The van der Waals surface area contributed by atoms with Gasteiger partial charge in [-0.05, 0) is 36.1 Å². The van der Waals surface area contributed by atoms with Gasteiger partial charge >= 0.3 is 6.03 Å². The Hall–Kier alpha value is -2.88. The van der Waals surface area contributed by atoms with E-state index >= 15 is 0 Å². The number of hydrogen-bond donors (Lipinski definition) is 1. The third kappa shape index (κ3) is 3.23. The first-order valence-corrected chi connectivity index (χ1v) is 7.83. The number of anilines is 1. The van der Waals surface area contributed by atoms with E-state index in [1.165, 1.54) is 12.1 Å². The number of carbonyl (C=O) groups is 1. The molecule has 0 aliphatic carbocycles. The van der Waals surface area contributed by atoms with Crippen molar-refractivity contribution in [3.8, 4) is 0 Å². The minimum Gasteiger partial charge on any atom is -0.321 e. The largest absolute Gasteiger partial charge is 0.322 e. The van der Waals surface area contributed by atoms with E-state index in [1.54, 1.807) is 24.1 Å². The highest BCUT2D eigenvalue weighted by atomic mass is 19.1. The first kappa shape index (κ1) is 16.0. The van der Waals surface area contributed by atoms with Gasteiger partial charge in [0.25, 0.3) is 0 Å². The maximum atomic E-state index is 13.1. The SMILES string of the molecule is CC(c1ccc(F)cc1)N(C)C(=O)Nc1cccc2ccccc12. The fraction of sp³-hybridized carbons (Fsp3) is 0.150. The van der Waals surface area contributed by atoms with E-state index in [-0.39, 0.29) is 17.9 Å². The molecule has 4 heteroatoms. The highest BCUT2D eigenvalue weighted by Crippen LogP contribution is 2.25. The molecule has 1 unspecified atom stereocenters. The molecule has 0 aliphatic heterocycles. The van der Waals surface area contributed by atoms with Crippen molar-refractivity contribution < 1.29 is 9.18 Å². The second kappa shape index (κ2) is 6.71. The summed E-state index contributed by atoms with van der Waals surface area (Å²) in [6.07, 6.45) is 0. The van der Waals surface area contributed by atoms with E-state index in [0.29, 0.717) is 0 Å². The molecule has 1 N–H and O–H groups in total. The lowest BCUT2D eigenvalue weighted by Gasteiger charge is -2.26. The van der Waals surface area contributed by atoms with Gasteiger partial charge < -0.3 is 10.2 Å². The summed E-state index contributed by atoms with van der Waals surface area (Å²) in [4.78, 5) is 14.2. The van der Waals surface area contributed by atoms with Gasteiger partial charge in [-0.25, -0.2) is 9.18 Å². The van der Waals surface area contributed by atoms with Crippen LogP contribution in [-0.4, -0.2) is 18.0 Å². The molecule has 3 aromatic carbocycles. The van der Waals surface area contributed by atoms with Crippen molar-refractivity contribution in [2.45, 2.75) is 13.0 Å². The van der Waals surface area contributed by atoms with Gasteiger partial charge in [-0.3, -0.25) is 0 Å². The van der Waals surface area contributed by atoms with Crippen LogP contribution < -0.4 is 5.32 Å². The molecule has 0 bridgehead atoms. The Labute approximate surface area is 140 Å². The van der Waals surface area contributed by atoms with Gasteiger partial charge in [-0.15, -0.1) is 0 Å². The number of halogens is 1. The van der Waals surface area contributed by atoms with Crippen LogP contribution in [0.4, 0.5) is 14.9 Å². The van der Waals surface area contributed by atoms with Crippen LogP contribution in [0.25, 0.3) is 10.8 Å². The van der Waals surface area contributed by atoms with Crippen LogP contribution in [0.2, 0.25) is 0 Å². The van der Waals surface area contributed by atoms with E-state index in [2.05, 4.69) is 5.32 Å². The van der Waals surface area contributed by atoms with Crippen molar-refractivity contribution in [1.82, 2.24) is 4.90 Å². The predicted molar refractivity (Wildman–Crippen MR) is 95.5 cm³/mol. The summed E-state index contributed by atoms with van der Waals surface area (Å²) in [5.41, 5.74) is 1.66. The molecule has 3 nitrogen and oxygen atoms in total. The highest BCUT2D eigenvalue weighted by Gasteiger charge is 2.18. The van der Waals surface area contributed by atoms with Gasteiger partial charge in [0.2, 0.25) is 0 Å². The van der Waals surface area contributed by atoms with Gasteiger partial charge in [-0.2, -0.15) is 0 Å². The Kier molecular flexibility index (Phi) is 4.47. The van der Waals surface area contributed by atoms with Crippen LogP contribution in [0.3, 0.4) is 0 Å². The molecule has 0 aromatic heterocycles. The zero-order valence-corrected chi connectivity index (χ0v) is 13.7. The third-order valence-corrected chi connectivity index (χ3v) is 4.28. The molecule has 0 saturated heterocycles. The number of carbonyl (C=O) groups excluding carboxylic acids is 1. The standard InChI is InChI=1S/C20H19FN2O/c1-14(15-10-12-17(21)13-11-15)23(2)20(24)22-19-9-5-7-16-6-3-4-8-18(16)19/h3-14H,1-2H3,(H,22,24). The van der Waals surface area contributed by atoms with E-state index < -0.39 is 0 Å². The Morgan fingerprint density at radius 2 is 1.67 bits per heavy atom. The predicted octanol–water partition coefficient (Wildman–Crippen LogP) is 5.20. The molecule has 3 rings (SSSR count). The molecule has 0 fully saturated rings. The quantitative estimate of drug-likeness (QED) is 0.706. The van der Waals surface area contributed by atoms with E-state index in [0.717, 1.165) is 22.0 Å². The van der Waals surface area contributed by atoms with Gasteiger partial charge in [-0.1, -0.05) is 48.5 Å². The molecule has 0 radical (unpaired) electrons. The zero-order valence-electron chi connectivity index (χ0n) is 13.7. The summed E-state index contributed by atoms with van der Waals surface area (Å²) in [6, 6.07) is 19.6. The Bertz CT molecular complexity index is 856. The number of rotatable bonds is 3. The molecule has 0 spiro atoms. The van der Waals surface area contributed by atoms with Gasteiger partial charge in [0.15, 0.2) is 0 Å². The minimum atomic E-state index is -0.284. The second-order valence-electron chi connectivity index (χ2n) is 5.80. The summed E-state index contributed by atoms with van der Waals surface area (Å²) >= 11 is 0. The van der Waals surface area contributed by atoms with Crippen molar-refractivity contribution in [2.24, 2.45) is 0 Å². The Balaban J connectivity index is 1.79. The number of nitrogens with one attached hydrogen (secondary N) is 1. The van der Waals surface area contributed by atoms with E-state index in [4.69, 9.17) is 0 Å². The fourth-order valence-electron chi connectivity index (χ4n) is 2.68. The lowest BCUT2D eigenvalue weighted by Crippen LogP contribution is -2.33. The van der Waals surface area contributed by atoms with Crippen LogP contribution in [0.15, 0.2) is 66.7 Å². The zero-order chi connectivity index (χ0) is 17.1. The van der Waals surface area contributed by atoms with Crippen molar-refractivity contribution >= 4 is 22.5 Å². The normalized spacial score (nSPS) is 12.0. The van der Waals surface area contributed by atoms with Gasteiger partial charge in [0.05, 0.1) is 11.7 Å². The maximum absolute atomic E-state index is 13.1. The Morgan fingerprint density at radius 1 is 1.00 bits per heavy atom. The number of fused-ring (bicyclic) bond motifs is 1. The summed E-state index contributed by atoms with van der Waals surface area (Å²) in [5, 5.41) is 5.03. The lowest BCUT2D eigenvalue weighted by molar-refractivity contribution is 0.208. The van der Waals surface area contributed by atoms with Crippen LogP contribution >= 0.6 is 0 Å². The molecular weight excluding hydrogens is 303 g/mol. The molecule has 0 saturated carbocycles. The topological polar surface area (TPSA) is 32.3 Å². The van der Waals surface area contributed by atoms with Crippen molar-refractivity contribution in [3.05, 3.63) is 78.1 Å². The average Bonchev–Trinajstić information content (AvgIpc) is 2.61. The van der Waals surface area contributed by atoms with Crippen LogP contribution in [0.5, 0.6) is 0 Å². The number of hydrogen-bond acceptors (Lipinski definition) is 1. The molecule has 3 aromatic rings. The second-order valence-corrected chi connectivity index (χ2v) is 5.80.